The van der Waals surface area contributed by atoms with Crippen molar-refractivity contribution in [3.05, 3.63) is 36.0 Å². The van der Waals surface area contributed by atoms with E-state index in [0.717, 1.165) is 12.0 Å². The molecule has 0 amide bonds. The van der Waals surface area contributed by atoms with E-state index in [4.69, 9.17) is 4.74 Å². The Kier molecular flexibility index (Phi) is 4.84. The van der Waals surface area contributed by atoms with Gasteiger partial charge in [-0.2, -0.15) is 0 Å². The maximum atomic E-state index is 11.2. The number of aromatic nitrogens is 3. The van der Waals surface area contributed by atoms with E-state index in [2.05, 4.69) is 10.3 Å². The Bertz CT molecular complexity index is 566. The van der Waals surface area contributed by atoms with Gasteiger partial charge in [0.25, 0.3) is 0 Å². The fourth-order valence-electron chi connectivity index (χ4n) is 1.89. The van der Waals surface area contributed by atoms with E-state index in [-0.39, 0.29) is 5.69 Å². The van der Waals surface area contributed by atoms with Gasteiger partial charge < -0.3 is 9.84 Å². The van der Waals surface area contributed by atoms with Crippen molar-refractivity contribution in [1.82, 2.24) is 15.0 Å². The molecule has 6 nitrogen and oxygen atoms in total. The first-order valence-corrected chi connectivity index (χ1v) is 6.54. The topological polar surface area (TPSA) is 77.2 Å². The molecule has 0 aliphatic heterocycles. The number of carboxylic acids is 1. The van der Waals surface area contributed by atoms with Crippen LogP contribution >= 0.6 is 0 Å². The minimum atomic E-state index is -1.08. The molecule has 0 bridgehead atoms. The molecule has 20 heavy (non-hydrogen) atoms. The fourth-order valence-corrected chi connectivity index (χ4v) is 1.89. The van der Waals surface area contributed by atoms with Crippen molar-refractivity contribution in [3.8, 4) is 11.3 Å². The lowest BCUT2D eigenvalue weighted by atomic mass is 10.1. The molecule has 1 heterocycles. The van der Waals surface area contributed by atoms with Crippen LogP contribution in [0.3, 0.4) is 0 Å². The third kappa shape index (κ3) is 3.21. The summed E-state index contributed by atoms with van der Waals surface area (Å²) in [6.07, 6.45) is 0.948. The molecule has 106 valence electrons. The van der Waals surface area contributed by atoms with Crippen molar-refractivity contribution in [2.45, 2.75) is 19.9 Å². The molecular weight excluding hydrogens is 258 g/mol. The predicted molar refractivity (Wildman–Crippen MR) is 73.5 cm³/mol. The molecule has 0 radical (unpaired) electrons. The van der Waals surface area contributed by atoms with E-state index in [1.807, 2.05) is 37.3 Å². The van der Waals surface area contributed by atoms with Crippen molar-refractivity contribution >= 4 is 5.97 Å². The van der Waals surface area contributed by atoms with Crippen LogP contribution in [-0.2, 0) is 11.3 Å². The summed E-state index contributed by atoms with van der Waals surface area (Å²) in [5.41, 5.74) is 1.26. The molecule has 2 aromatic rings. The Hall–Kier alpha value is -2.21. The Labute approximate surface area is 117 Å². The van der Waals surface area contributed by atoms with Crippen LogP contribution in [0.2, 0.25) is 0 Å². The first kappa shape index (κ1) is 14.2. The Morgan fingerprint density at radius 2 is 2.05 bits per heavy atom. The van der Waals surface area contributed by atoms with Gasteiger partial charge in [0.05, 0.1) is 13.2 Å². The number of aromatic carboxylic acids is 1. The Morgan fingerprint density at radius 3 is 2.70 bits per heavy atom. The van der Waals surface area contributed by atoms with Gasteiger partial charge in [-0.1, -0.05) is 42.5 Å². The predicted octanol–water partition coefficient (Wildman–Crippen LogP) is 2.07. The number of hydrogen-bond acceptors (Lipinski definition) is 4. The van der Waals surface area contributed by atoms with Gasteiger partial charge in [0, 0.05) is 12.2 Å². The lowest BCUT2D eigenvalue weighted by Crippen LogP contribution is -2.10. The summed E-state index contributed by atoms with van der Waals surface area (Å²) in [6.45, 7) is 3.68. The molecule has 1 aromatic carbocycles. The molecule has 2 rings (SSSR count). The van der Waals surface area contributed by atoms with Crippen LogP contribution in [0.25, 0.3) is 11.3 Å². The summed E-state index contributed by atoms with van der Waals surface area (Å²) in [6, 6.07) is 9.27. The average Bonchev–Trinajstić information content (AvgIpc) is 2.88. The van der Waals surface area contributed by atoms with Gasteiger partial charge in [-0.05, 0) is 6.42 Å². The van der Waals surface area contributed by atoms with Crippen molar-refractivity contribution in [3.63, 3.8) is 0 Å². The SMILES string of the molecule is CCCOCCn1nnc(C(=O)O)c1-c1ccccc1. The van der Waals surface area contributed by atoms with E-state index in [1.165, 1.54) is 0 Å². The number of carbonyl (C=O) groups is 1. The molecule has 0 atom stereocenters. The Balaban J connectivity index is 2.26. The zero-order chi connectivity index (χ0) is 14.4. The molecular formula is C14H17N3O3. The first-order valence-electron chi connectivity index (χ1n) is 6.54. The molecule has 0 spiro atoms. The molecule has 0 aliphatic carbocycles. The summed E-state index contributed by atoms with van der Waals surface area (Å²) in [5, 5.41) is 16.9. The maximum absolute atomic E-state index is 11.2. The quantitative estimate of drug-likeness (QED) is 0.783. The number of nitrogens with zero attached hydrogens (tertiary/aromatic N) is 3. The number of hydrogen-bond donors (Lipinski definition) is 1. The van der Waals surface area contributed by atoms with Gasteiger partial charge >= 0.3 is 5.97 Å². The largest absolute Gasteiger partial charge is 0.476 e. The van der Waals surface area contributed by atoms with Gasteiger partial charge in [0.15, 0.2) is 5.69 Å². The van der Waals surface area contributed by atoms with Crippen molar-refractivity contribution in [2.24, 2.45) is 0 Å². The molecule has 1 aromatic heterocycles. The highest BCUT2D eigenvalue weighted by atomic mass is 16.5. The normalized spacial score (nSPS) is 10.7. The third-order valence-corrected chi connectivity index (χ3v) is 2.78. The highest BCUT2D eigenvalue weighted by molar-refractivity contribution is 5.92. The van der Waals surface area contributed by atoms with Crippen molar-refractivity contribution in [2.75, 3.05) is 13.2 Å². The first-order chi connectivity index (χ1) is 9.74. The second kappa shape index (κ2) is 6.81. The summed E-state index contributed by atoms with van der Waals surface area (Å²) < 4.78 is 6.99. The van der Waals surface area contributed by atoms with E-state index >= 15 is 0 Å². The minimum Gasteiger partial charge on any atom is -0.476 e. The zero-order valence-electron chi connectivity index (χ0n) is 11.3. The summed E-state index contributed by atoms with van der Waals surface area (Å²) in [7, 11) is 0. The standard InChI is InChI=1S/C14H17N3O3/c1-2-9-20-10-8-17-13(11-6-4-3-5-7-11)12(14(18)19)15-16-17/h3-7H,2,8-10H2,1H3,(H,18,19). The van der Waals surface area contributed by atoms with Crippen molar-refractivity contribution < 1.29 is 14.6 Å². The summed E-state index contributed by atoms with van der Waals surface area (Å²) in [5.74, 6) is -1.08. The second-order valence-corrected chi connectivity index (χ2v) is 4.29. The average molecular weight is 275 g/mol. The molecule has 6 heteroatoms. The minimum absolute atomic E-state index is 0.0355. The number of ether oxygens (including phenoxy) is 1. The van der Waals surface area contributed by atoms with Crippen LogP contribution in [0.15, 0.2) is 30.3 Å². The van der Waals surface area contributed by atoms with Gasteiger partial charge in [-0.25, -0.2) is 9.48 Å². The number of benzene rings is 1. The smallest absolute Gasteiger partial charge is 0.358 e. The lowest BCUT2D eigenvalue weighted by molar-refractivity contribution is 0.0691. The molecule has 1 N–H and O–H groups in total. The van der Waals surface area contributed by atoms with Crippen molar-refractivity contribution in [1.29, 1.82) is 0 Å². The molecule has 0 saturated carbocycles. The fraction of sp³-hybridized carbons (Fsp3) is 0.357. The maximum Gasteiger partial charge on any atom is 0.358 e. The van der Waals surface area contributed by atoms with Crippen LogP contribution in [0.5, 0.6) is 0 Å². The van der Waals surface area contributed by atoms with Crippen LogP contribution in [0.1, 0.15) is 23.8 Å². The van der Waals surface area contributed by atoms with Gasteiger partial charge in [-0.15, -0.1) is 5.10 Å². The molecule has 0 unspecified atom stereocenters. The van der Waals surface area contributed by atoms with E-state index in [9.17, 15) is 9.90 Å². The second-order valence-electron chi connectivity index (χ2n) is 4.29. The van der Waals surface area contributed by atoms with E-state index in [0.29, 0.717) is 25.5 Å². The number of carboxylic acid groups (broad SMARTS) is 1. The highest BCUT2D eigenvalue weighted by Crippen LogP contribution is 2.21. The molecule has 0 fully saturated rings. The van der Waals surface area contributed by atoms with E-state index < -0.39 is 5.97 Å². The Morgan fingerprint density at radius 1 is 1.30 bits per heavy atom. The van der Waals surface area contributed by atoms with E-state index in [1.54, 1.807) is 4.68 Å². The third-order valence-electron chi connectivity index (χ3n) is 2.78. The molecule has 0 aliphatic rings. The van der Waals surface area contributed by atoms with Gasteiger partial charge in [-0.3, -0.25) is 0 Å². The monoisotopic (exact) mass is 275 g/mol. The lowest BCUT2D eigenvalue weighted by Gasteiger charge is -2.07. The summed E-state index contributed by atoms with van der Waals surface area (Å²) in [4.78, 5) is 11.2. The summed E-state index contributed by atoms with van der Waals surface area (Å²) >= 11 is 0. The van der Waals surface area contributed by atoms with Gasteiger partial charge in [0.2, 0.25) is 0 Å². The van der Waals surface area contributed by atoms with Crippen LogP contribution in [0.4, 0.5) is 0 Å². The highest BCUT2D eigenvalue weighted by Gasteiger charge is 2.20. The van der Waals surface area contributed by atoms with Crippen LogP contribution < -0.4 is 0 Å². The molecule has 0 saturated heterocycles. The zero-order valence-corrected chi connectivity index (χ0v) is 11.3. The number of rotatable bonds is 7. The van der Waals surface area contributed by atoms with Crippen LogP contribution in [0, 0.1) is 0 Å². The van der Waals surface area contributed by atoms with Gasteiger partial charge in [0.1, 0.15) is 5.69 Å². The van der Waals surface area contributed by atoms with Crippen LogP contribution in [-0.4, -0.2) is 39.3 Å².